The lowest BCUT2D eigenvalue weighted by Crippen LogP contribution is -2.25. The summed E-state index contributed by atoms with van der Waals surface area (Å²) < 4.78 is 13.6. The zero-order chi connectivity index (χ0) is 21.8. The van der Waals surface area contributed by atoms with Crippen molar-refractivity contribution in [1.82, 2.24) is 19.9 Å². The van der Waals surface area contributed by atoms with E-state index in [2.05, 4.69) is 15.3 Å². The molecule has 0 aliphatic carbocycles. The fourth-order valence-corrected chi connectivity index (χ4v) is 4.76. The average Bonchev–Trinajstić information content (AvgIpc) is 3.40. The van der Waals surface area contributed by atoms with E-state index in [0.717, 1.165) is 39.7 Å². The van der Waals surface area contributed by atoms with Crippen molar-refractivity contribution in [2.45, 2.75) is 35.9 Å². The van der Waals surface area contributed by atoms with Gasteiger partial charge in [0.2, 0.25) is 11.8 Å². The zero-order valence-corrected chi connectivity index (χ0v) is 18.8. The Morgan fingerprint density at radius 1 is 1.29 bits per heavy atom. The number of aromatic nitrogens is 3. The Morgan fingerprint density at radius 2 is 2.10 bits per heavy atom. The number of hydrogen-bond donors (Lipinski definition) is 1. The van der Waals surface area contributed by atoms with Gasteiger partial charge in [-0.15, -0.1) is 0 Å². The number of nitrogens with zero attached hydrogens (tertiary/aromatic N) is 3. The summed E-state index contributed by atoms with van der Waals surface area (Å²) in [7, 11) is 1.96. The Hall–Kier alpha value is -2.72. The molecule has 0 spiro atoms. The van der Waals surface area contributed by atoms with Gasteiger partial charge in [-0.2, -0.15) is 0 Å². The SMILES string of the molecule is Cc1oc(CSc2nccn2C)nc1CCOc1ccc(CC2SC(=O)NC2=O)cc1. The van der Waals surface area contributed by atoms with Gasteiger partial charge < -0.3 is 13.7 Å². The van der Waals surface area contributed by atoms with Crippen LogP contribution in [0.1, 0.15) is 22.9 Å². The van der Waals surface area contributed by atoms with Gasteiger partial charge in [0.1, 0.15) is 11.5 Å². The molecule has 1 unspecified atom stereocenters. The summed E-state index contributed by atoms with van der Waals surface area (Å²) in [6, 6.07) is 7.58. The van der Waals surface area contributed by atoms with Gasteiger partial charge in [0.15, 0.2) is 5.16 Å². The van der Waals surface area contributed by atoms with Gasteiger partial charge in [0.25, 0.3) is 5.24 Å². The first kappa shape index (κ1) is 21.5. The molecule has 31 heavy (non-hydrogen) atoms. The molecule has 1 N–H and O–H groups in total. The molecule has 2 amide bonds. The van der Waals surface area contributed by atoms with Crippen LogP contribution in [0, 0.1) is 6.92 Å². The van der Waals surface area contributed by atoms with E-state index in [0.29, 0.717) is 31.1 Å². The molecule has 8 nitrogen and oxygen atoms in total. The summed E-state index contributed by atoms with van der Waals surface area (Å²) in [6.45, 7) is 2.39. The number of aryl methyl sites for hydroxylation is 2. The van der Waals surface area contributed by atoms with E-state index in [1.165, 1.54) is 0 Å². The molecule has 1 saturated heterocycles. The summed E-state index contributed by atoms with van der Waals surface area (Å²) >= 11 is 2.62. The highest BCUT2D eigenvalue weighted by Crippen LogP contribution is 2.24. The Labute approximate surface area is 188 Å². The Morgan fingerprint density at radius 3 is 2.77 bits per heavy atom. The van der Waals surface area contributed by atoms with E-state index in [1.54, 1.807) is 18.0 Å². The molecule has 3 aromatic rings. The van der Waals surface area contributed by atoms with Gasteiger partial charge in [-0.1, -0.05) is 35.7 Å². The quantitative estimate of drug-likeness (QED) is 0.486. The second-order valence-electron chi connectivity index (χ2n) is 7.05. The maximum Gasteiger partial charge on any atom is 0.286 e. The first-order chi connectivity index (χ1) is 15.0. The normalized spacial score (nSPS) is 16.0. The van der Waals surface area contributed by atoms with Crippen molar-refractivity contribution in [3.8, 4) is 5.75 Å². The van der Waals surface area contributed by atoms with Gasteiger partial charge in [-0.3, -0.25) is 14.9 Å². The number of thioether (sulfide) groups is 2. The molecule has 3 heterocycles. The lowest BCUT2D eigenvalue weighted by Gasteiger charge is -2.08. The van der Waals surface area contributed by atoms with E-state index in [1.807, 2.05) is 49.0 Å². The maximum atomic E-state index is 11.7. The molecule has 0 saturated carbocycles. The highest BCUT2D eigenvalue weighted by molar-refractivity contribution is 8.15. The smallest absolute Gasteiger partial charge is 0.286 e. The van der Waals surface area contributed by atoms with E-state index < -0.39 is 0 Å². The van der Waals surface area contributed by atoms with Gasteiger partial charge in [0.05, 0.1) is 23.3 Å². The van der Waals surface area contributed by atoms with E-state index >= 15 is 0 Å². The van der Waals surface area contributed by atoms with Crippen LogP contribution in [0.25, 0.3) is 0 Å². The number of rotatable bonds is 9. The molecule has 1 fully saturated rings. The standard InChI is InChI=1S/C21H22N4O4S2/c1-13-16(23-18(29-13)12-30-20-22-8-9-25(20)2)7-10-28-15-5-3-14(4-6-15)11-17-19(26)24-21(27)31-17/h3-6,8-9,17H,7,10-12H2,1-2H3,(H,24,26,27). The minimum atomic E-state index is -0.362. The van der Waals surface area contributed by atoms with Crippen molar-refractivity contribution in [1.29, 1.82) is 0 Å². The van der Waals surface area contributed by atoms with Crippen LogP contribution in [-0.2, 0) is 30.4 Å². The van der Waals surface area contributed by atoms with Crippen molar-refractivity contribution in [3.63, 3.8) is 0 Å². The monoisotopic (exact) mass is 458 g/mol. The highest BCUT2D eigenvalue weighted by atomic mass is 32.2. The Bertz CT molecular complexity index is 1080. The van der Waals surface area contributed by atoms with E-state index in [-0.39, 0.29) is 16.4 Å². The summed E-state index contributed by atoms with van der Waals surface area (Å²) in [4.78, 5) is 31.8. The molecule has 1 aromatic carbocycles. The maximum absolute atomic E-state index is 11.7. The second-order valence-corrected chi connectivity index (χ2v) is 9.17. The van der Waals surface area contributed by atoms with Crippen LogP contribution in [0.5, 0.6) is 5.75 Å². The van der Waals surface area contributed by atoms with Gasteiger partial charge >= 0.3 is 0 Å². The van der Waals surface area contributed by atoms with Crippen molar-refractivity contribution in [3.05, 3.63) is 59.6 Å². The summed E-state index contributed by atoms with van der Waals surface area (Å²) in [5.74, 6) is 2.62. The minimum Gasteiger partial charge on any atom is -0.493 e. The fourth-order valence-electron chi connectivity index (χ4n) is 3.13. The van der Waals surface area contributed by atoms with Gasteiger partial charge in [-0.05, 0) is 31.0 Å². The average molecular weight is 459 g/mol. The van der Waals surface area contributed by atoms with Crippen molar-refractivity contribution in [2.24, 2.45) is 7.05 Å². The van der Waals surface area contributed by atoms with Gasteiger partial charge in [0, 0.05) is 25.9 Å². The predicted molar refractivity (Wildman–Crippen MR) is 118 cm³/mol. The van der Waals surface area contributed by atoms with Crippen molar-refractivity contribution in [2.75, 3.05) is 6.61 Å². The van der Waals surface area contributed by atoms with Crippen LogP contribution >= 0.6 is 23.5 Å². The van der Waals surface area contributed by atoms with Crippen molar-refractivity contribution < 1.29 is 18.7 Å². The lowest BCUT2D eigenvalue weighted by molar-refractivity contribution is -0.118. The Balaban J connectivity index is 1.24. The fraction of sp³-hybridized carbons (Fsp3) is 0.333. The highest BCUT2D eigenvalue weighted by Gasteiger charge is 2.31. The molecule has 1 aliphatic heterocycles. The number of ether oxygens (including phenoxy) is 1. The topological polar surface area (TPSA) is 99.2 Å². The molecular formula is C21H22N4O4S2. The first-order valence-electron chi connectivity index (χ1n) is 9.76. The minimum absolute atomic E-state index is 0.226. The number of hydrogen-bond acceptors (Lipinski definition) is 8. The number of nitrogens with one attached hydrogen (secondary N) is 1. The van der Waals surface area contributed by atoms with Crippen LogP contribution in [0.4, 0.5) is 4.79 Å². The van der Waals surface area contributed by atoms with Crippen LogP contribution in [0.2, 0.25) is 0 Å². The molecule has 4 rings (SSSR count). The third kappa shape index (κ3) is 5.50. The number of benzene rings is 1. The largest absolute Gasteiger partial charge is 0.493 e. The number of oxazole rings is 1. The molecular weight excluding hydrogens is 436 g/mol. The van der Waals surface area contributed by atoms with Crippen molar-refractivity contribution >= 4 is 34.7 Å². The van der Waals surface area contributed by atoms with Crippen LogP contribution < -0.4 is 10.1 Å². The summed E-state index contributed by atoms with van der Waals surface area (Å²) in [5, 5.41) is 2.58. The van der Waals surface area contributed by atoms with E-state index in [4.69, 9.17) is 9.15 Å². The number of carbonyl (C=O) groups excluding carboxylic acids is 2. The third-order valence-electron chi connectivity index (χ3n) is 4.76. The molecule has 1 aliphatic rings. The predicted octanol–water partition coefficient (Wildman–Crippen LogP) is 3.52. The van der Waals surface area contributed by atoms with Crippen LogP contribution in [0.15, 0.2) is 46.2 Å². The molecule has 2 aromatic heterocycles. The molecule has 1 atom stereocenters. The number of carbonyl (C=O) groups is 2. The second kappa shape index (κ2) is 9.61. The van der Waals surface area contributed by atoms with Crippen LogP contribution in [-0.4, -0.2) is 37.5 Å². The third-order valence-corrected chi connectivity index (χ3v) is 6.78. The zero-order valence-electron chi connectivity index (χ0n) is 17.2. The molecule has 0 radical (unpaired) electrons. The lowest BCUT2D eigenvalue weighted by atomic mass is 10.1. The number of imide groups is 1. The molecule has 0 bridgehead atoms. The Kier molecular flexibility index (Phi) is 6.67. The molecule has 10 heteroatoms. The van der Waals surface area contributed by atoms with Crippen LogP contribution in [0.3, 0.4) is 0 Å². The molecule has 162 valence electrons. The summed E-state index contributed by atoms with van der Waals surface area (Å²) in [5.41, 5.74) is 1.87. The first-order valence-corrected chi connectivity index (χ1v) is 11.6. The summed E-state index contributed by atoms with van der Waals surface area (Å²) in [6.07, 6.45) is 4.83. The van der Waals surface area contributed by atoms with Gasteiger partial charge in [-0.25, -0.2) is 9.97 Å². The van der Waals surface area contributed by atoms with E-state index in [9.17, 15) is 9.59 Å². The number of amides is 2. The number of imidazole rings is 1.